The molecule has 1 saturated heterocycles. The first kappa shape index (κ1) is 10.9. The van der Waals surface area contributed by atoms with Crippen LogP contribution in [0, 0.1) is 0 Å². The molecule has 0 aromatic rings. The minimum absolute atomic E-state index is 0.243. The van der Waals surface area contributed by atoms with Gasteiger partial charge in [-0.1, -0.05) is 0 Å². The molecule has 78 valence electrons. The SMILES string of the molecule is NCC1(NS(N)(=O)=O)CCOCC1. The second-order valence-corrected chi connectivity index (χ2v) is 4.54. The first-order valence-electron chi connectivity index (χ1n) is 4.07. The maximum atomic E-state index is 10.8. The highest BCUT2D eigenvalue weighted by molar-refractivity contribution is 7.87. The van der Waals surface area contributed by atoms with Crippen molar-refractivity contribution in [2.75, 3.05) is 19.8 Å². The Labute approximate surface area is 77.8 Å². The van der Waals surface area contributed by atoms with E-state index >= 15 is 0 Å². The van der Waals surface area contributed by atoms with Gasteiger partial charge in [-0.3, -0.25) is 0 Å². The van der Waals surface area contributed by atoms with Crippen LogP contribution in [0.3, 0.4) is 0 Å². The molecule has 0 radical (unpaired) electrons. The fraction of sp³-hybridized carbons (Fsp3) is 1.00. The summed E-state index contributed by atoms with van der Waals surface area (Å²) in [6, 6.07) is 0. The lowest BCUT2D eigenvalue weighted by Gasteiger charge is -2.35. The summed E-state index contributed by atoms with van der Waals surface area (Å²) in [5, 5.41) is 4.89. The summed E-state index contributed by atoms with van der Waals surface area (Å²) in [7, 11) is -3.68. The van der Waals surface area contributed by atoms with Crippen LogP contribution in [-0.2, 0) is 14.9 Å². The molecule has 0 bridgehead atoms. The Morgan fingerprint density at radius 1 is 1.38 bits per heavy atom. The van der Waals surface area contributed by atoms with Crippen molar-refractivity contribution in [3.63, 3.8) is 0 Å². The average molecular weight is 209 g/mol. The summed E-state index contributed by atoms with van der Waals surface area (Å²) >= 11 is 0. The first-order chi connectivity index (χ1) is 5.97. The van der Waals surface area contributed by atoms with Gasteiger partial charge < -0.3 is 10.5 Å². The van der Waals surface area contributed by atoms with Crippen molar-refractivity contribution in [2.45, 2.75) is 18.4 Å². The molecule has 0 amide bonds. The van der Waals surface area contributed by atoms with Gasteiger partial charge in [-0.05, 0) is 12.8 Å². The maximum Gasteiger partial charge on any atom is 0.274 e. The zero-order valence-corrected chi connectivity index (χ0v) is 8.14. The van der Waals surface area contributed by atoms with Gasteiger partial charge in [0.25, 0.3) is 10.2 Å². The van der Waals surface area contributed by atoms with Gasteiger partial charge in [0.05, 0.1) is 5.54 Å². The quantitative estimate of drug-likeness (QED) is 0.514. The Balaban J connectivity index is 2.68. The Morgan fingerprint density at radius 3 is 2.31 bits per heavy atom. The highest BCUT2D eigenvalue weighted by atomic mass is 32.2. The third-order valence-corrected chi connectivity index (χ3v) is 2.92. The molecule has 0 saturated carbocycles. The van der Waals surface area contributed by atoms with Crippen LogP contribution < -0.4 is 15.6 Å². The van der Waals surface area contributed by atoms with Gasteiger partial charge in [0.1, 0.15) is 0 Å². The van der Waals surface area contributed by atoms with Gasteiger partial charge in [0.2, 0.25) is 0 Å². The van der Waals surface area contributed by atoms with Gasteiger partial charge in [0, 0.05) is 19.8 Å². The van der Waals surface area contributed by atoms with Crippen molar-refractivity contribution in [3.8, 4) is 0 Å². The molecule has 0 aliphatic carbocycles. The van der Waals surface area contributed by atoms with Gasteiger partial charge in [-0.25, -0.2) is 5.14 Å². The van der Waals surface area contributed by atoms with Gasteiger partial charge >= 0.3 is 0 Å². The highest BCUT2D eigenvalue weighted by Crippen LogP contribution is 2.19. The number of hydrogen-bond acceptors (Lipinski definition) is 4. The number of ether oxygens (including phenoxy) is 1. The van der Waals surface area contributed by atoms with E-state index < -0.39 is 15.7 Å². The normalized spacial score (nSPS) is 22.9. The van der Waals surface area contributed by atoms with E-state index in [1.165, 1.54) is 0 Å². The lowest BCUT2D eigenvalue weighted by molar-refractivity contribution is 0.0502. The molecule has 0 aromatic heterocycles. The van der Waals surface area contributed by atoms with Crippen molar-refractivity contribution in [1.29, 1.82) is 0 Å². The van der Waals surface area contributed by atoms with Gasteiger partial charge in [-0.15, -0.1) is 0 Å². The summed E-state index contributed by atoms with van der Waals surface area (Å²) in [6.45, 7) is 1.27. The van der Waals surface area contributed by atoms with Crippen LogP contribution in [-0.4, -0.2) is 33.7 Å². The molecule has 0 unspecified atom stereocenters. The van der Waals surface area contributed by atoms with Crippen LogP contribution in [0.2, 0.25) is 0 Å². The Bertz CT molecular complexity index is 258. The minimum atomic E-state index is -3.68. The summed E-state index contributed by atoms with van der Waals surface area (Å²) in [5.41, 5.74) is 4.90. The molecule has 7 heteroatoms. The Kier molecular flexibility index (Phi) is 3.25. The van der Waals surface area contributed by atoms with E-state index in [0.717, 1.165) is 0 Å². The topological polar surface area (TPSA) is 107 Å². The fourth-order valence-electron chi connectivity index (χ4n) is 1.41. The average Bonchev–Trinajstić information content (AvgIpc) is 2.03. The first-order valence-corrected chi connectivity index (χ1v) is 5.62. The van der Waals surface area contributed by atoms with Crippen LogP contribution in [0.5, 0.6) is 0 Å². The second-order valence-electron chi connectivity index (χ2n) is 3.24. The molecule has 1 rings (SSSR count). The van der Waals surface area contributed by atoms with E-state index in [-0.39, 0.29) is 6.54 Å². The van der Waals surface area contributed by atoms with Crippen LogP contribution in [0.1, 0.15) is 12.8 Å². The van der Waals surface area contributed by atoms with Crippen molar-refractivity contribution < 1.29 is 13.2 Å². The third kappa shape index (κ3) is 3.20. The molecule has 0 spiro atoms. The molecular formula is C6H15N3O3S. The van der Waals surface area contributed by atoms with Crippen LogP contribution in [0.4, 0.5) is 0 Å². The predicted octanol–water partition coefficient (Wildman–Crippen LogP) is -1.71. The summed E-state index contributed by atoms with van der Waals surface area (Å²) in [6.07, 6.45) is 1.14. The molecule has 1 heterocycles. The number of hydrogen-bond donors (Lipinski definition) is 3. The number of rotatable bonds is 3. The van der Waals surface area contributed by atoms with Gasteiger partial charge in [-0.2, -0.15) is 13.1 Å². The van der Waals surface area contributed by atoms with Crippen LogP contribution in [0.25, 0.3) is 0 Å². The Morgan fingerprint density at radius 2 is 1.92 bits per heavy atom. The molecule has 13 heavy (non-hydrogen) atoms. The molecule has 0 atom stereocenters. The van der Waals surface area contributed by atoms with E-state index in [9.17, 15) is 8.42 Å². The number of nitrogens with two attached hydrogens (primary N) is 2. The van der Waals surface area contributed by atoms with E-state index in [0.29, 0.717) is 26.1 Å². The fourth-order valence-corrected chi connectivity index (χ4v) is 2.30. The van der Waals surface area contributed by atoms with Crippen LogP contribution in [0.15, 0.2) is 0 Å². The summed E-state index contributed by atoms with van der Waals surface area (Å²) in [4.78, 5) is 0. The molecule has 1 fully saturated rings. The predicted molar refractivity (Wildman–Crippen MR) is 48.1 cm³/mol. The molecule has 1 aliphatic rings. The monoisotopic (exact) mass is 209 g/mol. The highest BCUT2D eigenvalue weighted by Gasteiger charge is 2.33. The third-order valence-electron chi connectivity index (χ3n) is 2.20. The molecule has 5 N–H and O–H groups in total. The zero-order valence-electron chi connectivity index (χ0n) is 7.32. The zero-order chi connectivity index (χ0) is 9.95. The van der Waals surface area contributed by atoms with E-state index in [4.69, 9.17) is 15.6 Å². The number of nitrogens with one attached hydrogen (secondary N) is 1. The lowest BCUT2D eigenvalue weighted by atomic mass is 9.92. The minimum Gasteiger partial charge on any atom is -0.381 e. The van der Waals surface area contributed by atoms with Crippen molar-refractivity contribution in [2.24, 2.45) is 10.9 Å². The van der Waals surface area contributed by atoms with E-state index in [1.807, 2.05) is 0 Å². The van der Waals surface area contributed by atoms with E-state index in [1.54, 1.807) is 0 Å². The molecule has 6 nitrogen and oxygen atoms in total. The van der Waals surface area contributed by atoms with Gasteiger partial charge in [0.15, 0.2) is 0 Å². The van der Waals surface area contributed by atoms with Crippen molar-refractivity contribution >= 4 is 10.2 Å². The summed E-state index contributed by atoms with van der Waals surface area (Å²) in [5.74, 6) is 0. The standard InChI is InChI=1S/C6H15N3O3S/c7-5-6(9-13(8,10)11)1-3-12-4-2-6/h9H,1-5,7H2,(H2,8,10,11). The maximum absolute atomic E-state index is 10.8. The van der Waals surface area contributed by atoms with E-state index in [2.05, 4.69) is 4.72 Å². The summed E-state index contributed by atoms with van der Waals surface area (Å²) < 4.78 is 29.1. The largest absolute Gasteiger partial charge is 0.381 e. The van der Waals surface area contributed by atoms with Crippen molar-refractivity contribution in [3.05, 3.63) is 0 Å². The van der Waals surface area contributed by atoms with Crippen molar-refractivity contribution in [1.82, 2.24) is 4.72 Å². The molecule has 0 aromatic carbocycles. The lowest BCUT2D eigenvalue weighted by Crippen LogP contribution is -2.58. The molecule has 1 aliphatic heterocycles. The molecular weight excluding hydrogens is 194 g/mol. The Hall–Kier alpha value is -0.210. The second kappa shape index (κ2) is 3.89. The van der Waals surface area contributed by atoms with Crippen LogP contribution >= 0.6 is 0 Å². The smallest absolute Gasteiger partial charge is 0.274 e.